The SMILES string of the molecule is CN=C(NCc1nc(C)c(C)s1)NC1CC(C)N(C2CC2)C1.I. The van der Waals surface area contributed by atoms with Gasteiger partial charge in [-0.05, 0) is 40.0 Å². The number of nitrogens with zero attached hydrogens (tertiary/aromatic N) is 3. The van der Waals surface area contributed by atoms with Gasteiger partial charge in [0.25, 0.3) is 0 Å². The van der Waals surface area contributed by atoms with Gasteiger partial charge >= 0.3 is 0 Å². The molecule has 2 heterocycles. The quantitative estimate of drug-likeness (QED) is 0.422. The van der Waals surface area contributed by atoms with Crippen LogP contribution in [-0.4, -0.2) is 47.6 Å². The van der Waals surface area contributed by atoms with E-state index in [1.807, 2.05) is 7.05 Å². The monoisotopic (exact) mass is 449 g/mol. The third kappa shape index (κ3) is 4.79. The molecule has 7 heteroatoms. The van der Waals surface area contributed by atoms with E-state index < -0.39 is 0 Å². The summed E-state index contributed by atoms with van der Waals surface area (Å²) in [5.41, 5.74) is 1.13. The van der Waals surface area contributed by atoms with Crippen molar-refractivity contribution in [2.24, 2.45) is 4.99 Å². The van der Waals surface area contributed by atoms with Crippen LogP contribution in [0.1, 0.15) is 41.8 Å². The lowest BCUT2D eigenvalue weighted by Crippen LogP contribution is -2.44. The molecule has 0 spiro atoms. The topological polar surface area (TPSA) is 52.6 Å². The fraction of sp³-hybridized carbons (Fsp3) is 0.750. The molecule has 23 heavy (non-hydrogen) atoms. The van der Waals surface area contributed by atoms with Crippen molar-refractivity contribution in [3.63, 3.8) is 0 Å². The minimum atomic E-state index is 0. The molecule has 2 atom stereocenters. The number of hydrogen-bond donors (Lipinski definition) is 2. The summed E-state index contributed by atoms with van der Waals surface area (Å²) < 4.78 is 0. The first kappa shape index (κ1) is 18.9. The summed E-state index contributed by atoms with van der Waals surface area (Å²) in [6.07, 6.45) is 3.96. The van der Waals surface area contributed by atoms with Gasteiger partial charge in [0.2, 0.25) is 0 Å². The van der Waals surface area contributed by atoms with Crippen LogP contribution in [0.15, 0.2) is 4.99 Å². The largest absolute Gasteiger partial charge is 0.352 e. The van der Waals surface area contributed by atoms with Crippen molar-refractivity contribution < 1.29 is 0 Å². The Morgan fingerprint density at radius 1 is 1.39 bits per heavy atom. The van der Waals surface area contributed by atoms with Crippen molar-refractivity contribution in [2.45, 2.75) is 64.7 Å². The molecule has 1 aromatic rings. The van der Waals surface area contributed by atoms with Crippen LogP contribution in [0, 0.1) is 13.8 Å². The molecule has 0 radical (unpaired) electrons. The molecule has 2 unspecified atom stereocenters. The molecule has 1 saturated carbocycles. The zero-order chi connectivity index (χ0) is 15.7. The molecule has 130 valence electrons. The van der Waals surface area contributed by atoms with Gasteiger partial charge in [0.1, 0.15) is 5.01 Å². The molecule has 3 rings (SSSR count). The summed E-state index contributed by atoms with van der Waals surface area (Å²) in [6.45, 7) is 8.41. The minimum absolute atomic E-state index is 0. The van der Waals surface area contributed by atoms with Gasteiger partial charge in [0, 0.05) is 36.6 Å². The van der Waals surface area contributed by atoms with Crippen molar-refractivity contribution in [2.75, 3.05) is 13.6 Å². The lowest BCUT2D eigenvalue weighted by atomic mass is 10.2. The Labute approximate surface area is 160 Å². The summed E-state index contributed by atoms with van der Waals surface area (Å²) in [5.74, 6) is 0.889. The summed E-state index contributed by atoms with van der Waals surface area (Å²) >= 11 is 1.76. The first-order valence-corrected chi connectivity index (χ1v) is 9.04. The van der Waals surface area contributed by atoms with Crippen molar-refractivity contribution in [3.8, 4) is 0 Å². The van der Waals surface area contributed by atoms with Crippen LogP contribution in [0.4, 0.5) is 0 Å². The van der Waals surface area contributed by atoms with E-state index in [2.05, 4.69) is 46.3 Å². The van der Waals surface area contributed by atoms with Gasteiger partial charge in [-0.2, -0.15) is 0 Å². The number of rotatable bonds is 4. The second kappa shape index (κ2) is 8.11. The van der Waals surface area contributed by atoms with E-state index in [1.165, 1.54) is 24.1 Å². The van der Waals surface area contributed by atoms with Gasteiger partial charge in [0.15, 0.2) is 5.96 Å². The summed E-state index contributed by atoms with van der Waals surface area (Å²) in [4.78, 5) is 12.9. The average Bonchev–Trinajstić information content (AvgIpc) is 3.19. The van der Waals surface area contributed by atoms with Crippen LogP contribution in [-0.2, 0) is 6.54 Å². The summed E-state index contributed by atoms with van der Waals surface area (Å²) in [7, 11) is 1.84. The zero-order valence-corrected chi connectivity index (χ0v) is 17.6. The highest BCUT2D eigenvalue weighted by atomic mass is 127. The highest BCUT2D eigenvalue weighted by Gasteiger charge is 2.38. The molecule has 2 fully saturated rings. The maximum Gasteiger partial charge on any atom is 0.191 e. The number of thiazole rings is 1. The Bertz CT molecular complexity index is 535. The number of guanidine groups is 1. The number of aliphatic imine (C=N–C) groups is 1. The van der Waals surface area contributed by atoms with Crippen LogP contribution < -0.4 is 10.6 Å². The summed E-state index contributed by atoms with van der Waals surface area (Å²) in [6, 6.07) is 2.03. The van der Waals surface area contributed by atoms with Crippen LogP contribution in [0.5, 0.6) is 0 Å². The first-order chi connectivity index (χ1) is 10.6. The van der Waals surface area contributed by atoms with Crippen molar-refractivity contribution in [1.29, 1.82) is 0 Å². The smallest absolute Gasteiger partial charge is 0.191 e. The predicted octanol–water partition coefficient (Wildman–Crippen LogP) is 2.67. The zero-order valence-electron chi connectivity index (χ0n) is 14.4. The van der Waals surface area contributed by atoms with Crippen LogP contribution >= 0.6 is 35.3 Å². The minimum Gasteiger partial charge on any atom is -0.352 e. The number of nitrogens with one attached hydrogen (secondary N) is 2. The normalized spacial score (nSPS) is 25.3. The Kier molecular flexibility index (Phi) is 6.67. The standard InChI is InChI=1S/C16H27N5S.HI/c1-10-7-13(9-21(10)14-5-6-14)20-16(17-4)18-8-15-19-11(2)12(3)22-15;/h10,13-14H,5-9H2,1-4H3,(H2,17,18,20);1H. The van der Waals surface area contributed by atoms with E-state index in [1.54, 1.807) is 11.3 Å². The van der Waals surface area contributed by atoms with Gasteiger partial charge in [0.05, 0.1) is 12.2 Å². The lowest BCUT2D eigenvalue weighted by Gasteiger charge is -2.20. The molecule has 2 N–H and O–H groups in total. The van der Waals surface area contributed by atoms with Gasteiger partial charge < -0.3 is 10.6 Å². The van der Waals surface area contributed by atoms with Crippen LogP contribution in [0.25, 0.3) is 0 Å². The predicted molar refractivity (Wildman–Crippen MR) is 108 cm³/mol. The molecule has 1 aliphatic heterocycles. The van der Waals surface area contributed by atoms with E-state index in [-0.39, 0.29) is 24.0 Å². The second-order valence-electron chi connectivity index (χ2n) is 6.53. The van der Waals surface area contributed by atoms with E-state index in [4.69, 9.17) is 0 Å². The van der Waals surface area contributed by atoms with E-state index in [0.717, 1.165) is 35.8 Å². The van der Waals surface area contributed by atoms with Gasteiger partial charge in [-0.25, -0.2) is 4.98 Å². The maximum atomic E-state index is 4.57. The third-order valence-corrected chi connectivity index (χ3v) is 5.76. The molecular formula is C16H28IN5S. The fourth-order valence-corrected chi connectivity index (χ4v) is 4.11. The van der Waals surface area contributed by atoms with Crippen molar-refractivity contribution in [1.82, 2.24) is 20.5 Å². The number of aromatic nitrogens is 1. The number of aryl methyl sites for hydroxylation is 2. The Hall–Kier alpha value is -0.410. The van der Waals surface area contributed by atoms with Crippen molar-refractivity contribution in [3.05, 3.63) is 15.6 Å². The maximum absolute atomic E-state index is 4.57. The molecule has 5 nitrogen and oxygen atoms in total. The van der Waals surface area contributed by atoms with Gasteiger partial charge in [-0.15, -0.1) is 35.3 Å². The van der Waals surface area contributed by atoms with E-state index in [9.17, 15) is 0 Å². The van der Waals surface area contributed by atoms with E-state index >= 15 is 0 Å². The average molecular weight is 449 g/mol. The lowest BCUT2D eigenvalue weighted by molar-refractivity contribution is 0.256. The van der Waals surface area contributed by atoms with Gasteiger partial charge in [-0.1, -0.05) is 0 Å². The Balaban J connectivity index is 0.00000192. The molecular weight excluding hydrogens is 421 g/mol. The van der Waals surface area contributed by atoms with E-state index in [0.29, 0.717) is 12.1 Å². The highest BCUT2D eigenvalue weighted by molar-refractivity contribution is 14.0. The third-order valence-electron chi connectivity index (χ3n) is 4.68. The Morgan fingerprint density at radius 2 is 2.13 bits per heavy atom. The van der Waals surface area contributed by atoms with Crippen molar-refractivity contribution >= 4 is 41.3 Å². The van der Waals surface area contributed by atoms with Gasteiger partial charge in [-0.3, -0.25) is 9.89 Å². The molecule has 0 amide bonds. The molecule has 0 aromatic carbocycles. The first-order valence-electron chi connectivity index (χ1n) is 8.22. The fourth-order valence-electron chi connectivity index (χ4n) is 3.24. The number of halogens is 1. The highest BCUT2D eigenvalue weighted by Crippen LogP contribution is 2.33. The molecule has 0 bridgehead atoms. The number of hydrogen-bond acceptors (Lipinski definition) is 4. The van der Waals surface area contributed by atoms with Crippen LogP contribution in [0.2, 0.25) is 0 Å². The Morgan fingerprint density at radius 3 is 2.70 bits per heavy atom. The molecule has 1 saturated heterocycles. The second-order valence-corrected chi connectivity index (χ2v) is 7.82. The summed E-state index contributed by atoms with van der Waals surface area (Å²) in [5, 5.41) is 8.09. The van der Waals surface area contributed by atoms with Crippen LogP contribution in [0.3, 0.4) is 0 Å². The number of likely N-dealkylation sites (tertiary alicyclic amines) is 1. The molecule has 2 aliphatic rings. The molecule has 1 aliphatic carbocycles. The molecule has 1 aromatic heterocycles.